The molecule has 2 aliphatic heterocycles. The molecular weight excluding hydrogens is 266 g/mol. The number of carbonyl (C=O) groups excluding carboxylic acids is 1. The highest BCUT2D eigenvalue weighted by atomic mass is 16.5. The number of carbonyl (C=O) groups is 1. The number of benzene rings is 1. The maximum atomic E-state index is 11.7. The molecule has 2 atom stereocenters. The summed E-state index contributed by atoms with van der Waals surface area (Å²) in [7, 11) is 1.47. The molecular formula is C17H23NO3. The van der Waals surface area contributed by atoms with E-state index in [0.29, 0.717) is 0 Å². The van der Waals surface area contributed by atoms with Crippen LogP contribution in [0.25, 0.3) is 0 Å². The molecule has 2 heterocycles. The number of aryl methyl sites for hydroxylation is 1. The van der Waals surface area contributed by atoms with Crippen LogP contribution in [0.15, 0.2) is 18.2 Å². The van der Waals surface area contributed by atoms with Gasteiger partial charge >= 0.3 is 5.97 Å². The Morgan fingerprint density at radius 1 is 1.48 bits per heavy atom. The summed E-state index contributed by atoms with van der Waals surface area (Å²) in [6, 6.07) is 6.37. The normalized spacial score (nSPS) is 25.2. The molecule has 0 amide bonds. The fourth-order valence-corrected chi connectivity index (χ4v) is 3.42. The molecule has 4 nitrogen and oxygen atoms in total. The van der Waals surface area contributed by atoms with Crippen LogP contribution in [0.1, 0.15) is 24.0 Å². The van der Waals surface area contributed by atoms with E-state index in [-0.39, 0.29) is 18.0 Å². The topological polar surface area (TPSA) is 38.8 Å². The predicted molar refractivity (Wildman–Crippen MR) is 80.5 cm³/mol. The molecule has 0 spiro atoms. The van der Waals surface area contributed by atoms with Gasteiger partial charge in [-0.2, -0.15) is 0 Å². The van der Waals surface area contributed by atoms with Gasteiger partial charge in [0.25, 0.3) is 0 Å². The summed E-state index contributed by atoms with van der Waals surface area (Å²) in [5.41, 5.74) is 2.59. The number of esters is 1. The lowest BCUT2D eigenvalue weighted by Gasteiger charge is -2.32. The molecule has 0 N–H and O–H groups in total. The molecule has 114 valence electrons. The third kappa shape index (κ3) is 3.21. The van der Waals surface area contributed by atoms with E-state index >= 15 is 0 Å². The van der Waals surface area contributed by atoms with E-state index in [2.05, 4.69) is 30.0 Å². The summed E-state index contributed by atoms with van der Waals surface area (Å²) >= 11 is 0. The first-order valence-electron chi connectivity index (χ1n) is 7.72. The molecule has 2 aliphatic rings. The van der Waals surface area contributed by atoms with Crippen LogP contribution in [-0.2, 0) is 16.0 Å². The Kier molecular flexibility index (Phi) is 4.15. The van der Waals surface area contributed by atoms with Gasteiger partial charge in [0.2, 0.25) is 0 Å². The first-order chi connectivity index (χ1) is 10.2. The lowest BCUT2D eigenvalue weighted by molar-refractivity contribution is -0.147. The number of rotatable bonds is 3. The summed E-state index contributed by atoms with van der Waals surface area (Å²) in [5, 5.41) is 0. The Morgan fingerprint density at radius 3 is 3.14 bits per heavy atom. The molecule has 0 bridgehead atoms. The van der Waals surface area contributed by atoms with E-state index < -0.39 is 0 Å². The van der Waals surface area contributed by atoms with Crippen molar-refractivity contribution in [3.8, 4) is 5.75 Å². The highest BCUT2D eigenvalue weighted by molar-refractivity contribution is 5.72. The molecule has 0 aliphatic carbocycles. The van der Waals surface area contributed by atoms with Crippen molar-refractivity contribution in [3.63, 3.8) is 0 Å². The maximum Gasteiger partial charge on any atom is 0.309 e. The van der Waals surface area contributed by atoms with Gasteiger partial charge in [0, 0.05) is 19.5 Å². The number of hydrogen-bond donors (Lipinski definition) is 0. The molecule has 1 aromatic rings. The zero-order chi connectivity index (χ0) is 14.8. The Bertz CT molecular complexity index is 529. The second-order valence-corrected chi connectivity index (χ2v) is 6.18. The maximum absolute atomic E-state index is 11.7. The highest BCUT2D eigenvalue weighted by Gasteiger charge is 2.30. The van der Waals surface area contributed by atoms with Crippen molar-refractivity contribution in [2.24, 2.45) is 5.92 Å². The Labute approximate surface area is 126 Å². The Morgan fingerprint density at radius 2 is 2.33 bits per heavy atom. The number of piperidine rings is 1. The van der Waals surface area contributed by atoms with Crippen molar-refractivity contribution in [1.29, 1.82) is 0 Å². The van der Waals surface area contributed by atoms with Gasteiger partial charge < -0.3 is 9.47 Å². The first kappa shape index (κ1) is 14.4. The quantitative estimate of drug-likeness (QED) is 0.800. The van der Waals surface area contributed by atoms with Gasteiger partial charge in [0.15, 0.2) is 0 Å². The van der Waals surface area contributed by atoms with Crippen LogP contribution in [0.2, 0.25) is 0 Å². The number of nitrogens with zero attached hydrogens (tertiary/aromatic N) is 1. The second-order valence-electron chi connectivity index (χ2n) is 6.18. The zero-order valence-electron chi connectivity index (χ0n) is 12.8. The summed E-state index contributed by atoms with van der Waals surface area (Å²) < 4.78 is 10.9. The fraction of sp³-hybridized carbons (Fsp3) is 0.588. The second kappa shape index (κ2) is 6.06. The van der Waals surface area contributed by atoms with Crippen molar-refractivity contribution >= 4 is 5.97 Å². The van der Waals surface area contributed by atoms with Crippen LogP contribution in [0, 0.1) is 12.8 Å². The number of fused-ring (bicyclic) bond motifs is 1. The molecule has 0 radical (unpaired) electrons. The van der Waals surface area contributed by atoms with Gasteiger partial charge in [-0.3, -0.25) is 9.69 Å². The standard InChI is InChI=1S/C17H23NO3/c1-12-5-6-16-14(8-12)9-15(21-16)11-18-7-3-4-13(10-18)17(19)20-2/h5-6,8,13,15H,3-4,7,9-11H2,1-2H3. The van der Waals surface area contributed by atoms with Crippen LogP contribution >= 0.6 is 0 Å². The van der Waals surface area contributed by atoms with Crippen LogP contribution < -0.4 is 4.74 Å². The van der Waals surface area contributed by atoms with Gasteiger partial charge in [-0.15, -0.1) is 0 Å². The van der Waals surface area contributed by atoms with Gasteiger partial charge in [0.05, 0.1) is 13.0 Å². The average molecular weight is 289 g/mol. The van der Waals surface area contributed by atoms with Gasteiger partial charge in [0.1, 0.15) is 11.9 Å². The SMILES string of the molecule is COC(=O)C1CCCN(CC2Cc3cc(C)ccc3O2)C1. The summed E-state index contributed by atoms with van der Waals surface area (Å²) in [6.07, 6.45) is 3.17. The lowest BCUT2D eigenvalue weighted by atomic mass is 9.97. The number of hydrogen-bond acceptors (Lipinski definition) is 4. The largest absolute Gasteiger partial charge is 0.488 e. The molecule has 21 heavy (non-hydrogen) atoms. The van der Waals surface area contributed by atoms with Crippen molar-refractivity contribution < 1.29 is 14.3 Å². The molecule has 1 fully saturated rings. The molecule has 4 heteroatoms. The minimum absolute atomic E-state index is 0.0229. The van der Waals surface area contributed by atoms with E-state index in [1.165, 1.54) is 18.2 Å². The molecule has 1 saturated heterocycles. The third-order valence-electron chi connectivity index (χ3n) is 4.46. The average Bonchev–Trinajstić information content (AvgIpc) is 2.88. The first-order valence-corrected chi connectivity index (χ1v) is 7.72. The fourth-order valence-electron chi connectivity index (χ4n) is 3.42. The third-order valence-corrected chi connectivity index (χ3v) is 4.46. The van der Waals surface area contributed by atoms with Crippen LogP contribution in [-0.4, -0.2) is 43.7 Å². The molecule has 1 aromatic carbocycles. The van der Waals surface area contributed by atoms with Gasteiger partial charge in [-0.1, -0.05) is 17.7 Å². The minimum Gasteiger partial charge on any atom is -0.488 e. The van der Waals surface area contributed by atoms with Gasteiger partial charge in [-0.05, 0) is 37.9 Å². The monoisotopic (exact) mass is 289 g/mol. The smallest absolute Gasteiger partial charge is 0.309 e. The lowest BCUT2D eigenvalue weighted by Crippen LogP contribution is -2.43. The molecule has 2 unspecified atom stereocenters. The van der Waals surface area contributed by atoms with Crippen molar-refractivity contribution in [3.05, 3.63) is 29.3 Å². The van der Waals surface area contributed by atoms with Crippen molar-refractivity contribution in [2.75, 3.05) is 26.7 Å². The molecule has 0 saturated carbocycles. The Hall–Kier alpha value is -1.55. The predicted octanol–water partition coefficient (Wildman–Crippen LogP) is 2.18. The summed E-state index contributed by atoms with van der Waals surface area (Å²) in [5.74, 6) is 0.966. The summed E-state index contributed by atoms with van der Waals surface area (Å²) in [4.78, 5) is 14.0. The molecule has 3 rings (SSSR count). The highest BCUT2D eigenvalue weighted by Crippen LogP contribution is 2.30. The number of ether oxygens (including phenoxy) is 2. The van der Waals surface area contributed by atoms with Crippen LogP contribution in [0.3, 0.4) is 0 Å². The van der Waals surface area contributed by atoms with Crippen LogP contribution in [0.4, 0.5) is 0 Å². The van der Waals surface area contributed by atoms with Gasteiger partial charge in [-0.25, -0.2) is 0 Å². The van der Waals surface area contributed by atoms with Crippen molar-refractivity contribution in [1.82, 2.24) is 4.90 Å². The number of methoxy groups -OCH3 is 1. The van der Waals surface area contributed by atoms with E-state index in [0.717, 1.165) is 44.6 Å². The van der Waals surface area contributed by atoms with Crippen molar-refractivity contribution in [2.45, 2.75) is 32.3 Å². The van der Waals surface area contributed by atoms with E-state index in [1.807, 2.05) is 0 Å². The van der Waals surface area contributed by atoms with E-state index in [1.54, 1.807) is 0 Å². The Balaban J connectivity index is 1.57. The molecule has 0 aromatic heterocycles. The zero-order valence-corrected chi connectivity index (χ0v) is 12.8. The van der Waals surface area contributed by atoms with E-state index in [4.69, 9.17) is 9.47 Å². The minimum atomic E-state index is -0.0778. The summed E-state index contributed by atoms with van der Waals surface area (Å²) in [6.45, 7) is 4.84. The number of likely N-dealkylation sites (tertiary alicyclic amines) is 1. The van der Waals surface area contributed by atoms with E-state index in [9.17, 15) is 4.79 Å². The van der Waals surface area contributed by atoms with Crippen LogP contribution in [0.5, 0.6) is 5.75 Å².